The van der Waals surface area contributed by atoms with Gasteiger partial charge in [0.2, 0.25) is 0 Å². The van der Waals surface area contributed by atoms with E-state index in [1.807, 2.05) is 13.0 Å². The second-order valence-electron chi connectivity index (χ2n) is 4.66. The molecule has 1 amide bonds. The second kappa shape index (κ2) is 6.83. The average Bonchev–Trinajstić information content (AvgIpc) is 2.45. The molecule has 3 nitrogen and oxygen atoms in total. The fraction of sp³-hybridized carbons (Fsp3) is 0.188. The Hall–Kier alpha value is -1.71. The molecule has 2 aromatic rings. The van der Waals surface area contributed by atoms with Gasteiger partial charge < -0.3 is 10.1 Å². The van der Waals surface area contributed by atoms with Crippen molar-refractivity contribution in [1.82, 2.24) is 0 Å². The van der Waals surface area contributed by atoms with E-state index in [4.69, 9.17) is 27.9 Å². The Labute approximate surface area is 133 Å². The van der Waals surface area contributed by atoms with E-state index in [1.165, 1.54) is 0 Å². The molecule has 0 radical (unpaired) electrons. The van der Waals surface area contributed by atoms with Crippen molar-refractivity contribution in [1.29, 1.82) is 0 Å². The zero-order valence-electron chi connectivity index (χ0n) is 11.7. The van der Waals surface area contributed by atoms with Gasteiger partial charge in [-0.2, -0.15) is 0 Å². The molecule has 0 fully saturated rings. The lowest BCUT2D eigenvalue weighted by Crippen LogP contribution is -2.30. The Morgan fingerprint density at radius 3 is 2.57 bits per heavy atom. The van der Waals surface area contributed by atoms with Crippen LogP contribution in [0, 0.1) is 6.92 Å². The molecule has 110 valence electrons. The van der Waals surface area contributed by atoms with E-state index in [-0.39, 0.29) is 5.91 Å². The molecule has 1 atom stereocenters. The second-order valence-corrected chi connectivity index (χ2v) is 5.48. The molecule has 2 aromatic carbocycles. The molecule has 0 aliphatic heterocycles. The van der Waals surface area contributed by atoms with Crippen LogP contribution in [0.4, 0.5) is 5.69 Å². The predicted molar refractivity (Wildman–Crippen MR) is 86.4 cm³/mol. The van der Waals surface area contributed by atoms with Crippen molar-refractivity contribution in [2.24, 2.45) is 0 Å². The van der Waals surface area contributed by atoms with Crippen molar-refractivity contribution >= 4 is 34.8 Å². The maximum atomic E-state index is 12.1. The number of nitrogens with one attached hydrogen (secondary N) is 1. The van der Waals surface area contributed by atoms with E-state index < -0.39 is 6.10 Å². The Morgan fingerprint density at radius 2 is 1.86 bits per heavy atom. The maximum absolute atomic E-state index is 12.1. The molecular weight excluding hydrogens is 309 g/mol. The summed E-state index contributed by atoms with van der Waals surface area (Å²) in [5.74, 6) is 0.194. The van der Waals surface area contributed by atoms with E-state index >= 15 is 0 Å². The maximum Gasteiger partial charge on any atom is 0.265 e. The molecule has 0 saturated carbocycles. The van der Waals surface area contributed by atoms with Gasteiger partial charge in [0, 0.05) is 0 Å². The highest BCUT2D eigenvalue weighted by molar-refractivity contribution is 6.33. The van der Waals surface area contributed by atoms with Crippen molar-refractivity contribution in [3.8, 4) is 5.75 Å². The van der Waals surface area contributed by atoms with Gasteiger partial charge in [0.15, 0.2) is 6.10 Å². The topological polar surface area (TPSA) is 38.3 Å². The van der Waals surface area contributed by atoms with E-state index in [2.05, 4.69) is 5.32 Å². The molecule has 0 aliphatic carbocycles. The summed E-state index contributed by atoms with van der Waals surface area (Å²) in [6, 6.07) is 12.4. The van der Waals surface area contributed by atoms with Crippen molar-refractivity contribution < 1.29 is 9.53 Å². The van der Waals surface area contributed by atoms with Crippen LogP contribution in [0.15, 0.2) is 42.5 Å². The molecule has 0 spiro atoms. The van der Waals surface area contributed by atoms with Crippen LogP contribution in [-0.2, 0) is 4.79 Å². The fourth-order valence-corrected chi connectivity index (χ4v) is 2.09. The number of halogens is 2. The molecule has 21 heavy (non-hydrogen) atoms. The third-order valence-corrected chi connectivity index (χ3v) is 3.53. The zero-order chi connectivity index (χ0) is 15.4. The lowest BCUT2D eigenvalue weighted by molar-refractivity contribution is -0.122. The van der Waals surface area contributed by atoms with Crippen LogP contribution >= 0.6 is 23.2 Å². The first-order valence-electron chi connectivity index (χ1n) is 6.45. The molecule has 0 saturated heterocycles. The summed E-state index contributed by atoms with van der Waals surface area (Å²) >= 11 is 12.1. The number of rotatable bonds is 4. The van der Waals surface area contributed by atoms with Crippen LogP contribution in [0.25, 0.3) is 0 Å². The van der Waals surface area contributed by atoms with E-state index in [0.717, 1.165) is 5.56 Å². The summed E-state index contributed by atoms with van der Waals surface area (Å²) in [7, 11) is 0. The highest BCUT2D eigenvalue weighted by atomic mass is 35.5. The number of carbonyl (C=O) groups excluding carboxylic acids is 1. The average molecular weight is 324 g/mol. The number of ether oxygens (including phenoxy) is 1. The van der Waals surface area contributed by atoms with Crippen molar-refractivity contribution in [3.05, 3.63) is 58.1 Å². The molecular formula is C16H15Cl2NO2. The van der Waals surface area contributed by atoms with Crippen LogP contribution in [0.5, 0.6) is 5.75 Å². The number of carbonyl (C=O) groups is 1. The summed E-state index contributed by atoms with van der Waals surface area (Å²) in [6.45, 7) is 3.59. The van der Waals surface area contributed by atoms with E-state index in [0.29, 0.717) is 21.5 Å². The SMILES string of the molecule is Cc1ccc(Cl)c(OC(C)C(=O)Nc2ccccc2Cl)c1. The van der Waals surface area contributed by atoms with Gasteiger partial charge in [-0.3, -0.25) is 4.79 Å². The molecule has 2 rings (SSSR count). The highest BCUT2D eigenvalue weighted by Crippen LogP contribution is 2.27. The van der Waals surface area contributed by atoms with Crippen LogP contribution < -0.4 is 10.1 Å². The van der Waals surface area contributed by atoms with Crippen molar-refractivity contribution in [2.75, 3.05) is 5.32 Å². The van der Waals surface area contributed by atoms with E-state index in [9.17, 15) is 4.79 Å². The zero-order valence-corrected chi connectivity index (χ0v) is 13.2. The van der Waals surface area contributed by atoms with Crippen molar-refractivity contribution in [2.45, 2.75) is 20.0 Å². The van der Waals surface area contributed by atoms with Gasteiger partial charge in [-0.15, -0.1) is 0 Å². The van der Waals surface area contributed by atoms with Gasteiger partial charge in [0.1, 0.15) is 5.75 Å². The van der Waals surface area contributed by atoms with Crippen LogP contribution in [-0.4, -0.2) is 12.0 Å². The first kappa shape index (κ1) is 15.7. The Kier molecular flexibility index (Phi) is 5.10. The minimum absolute atomic E-state index is 0.291. The molecule has 1 unspecified atom stereocenters. The number of para-hydroxylation sites is 1. The number of aryl methyl sites for hydroxylation is 1. The molecule has 5 heteroatoms. The lowest BCUT2D eigenvalue weighted by atomic mass is 10.2. The number of anilines is 1. The standard InChI is InChI=1S/C16H15Cl2NO2/c1-10-7-8-13(18)15(9-10)21-11(2)16(20)19-14-6-4-3-5-12(14)17/h3-9,11H,1-2H3,(H,19,20). The number of hydrogen-bond acceptors (Lipinski definition) is 2. The summed E-state index contributed by atoms with van der Waals surface area (Å²) in [5, 5.41) is 3.67. The molecule has 0 aliphatic rings. The lowest BCUT2D eigenvalue weighted by Gasteiger charge is -2.16. The van der Waals surface area contributed by atoms with Gasteiger partial charge in [-0.1, -0.05) is 41.4 Å². The first-order chi connectivity index (χ1) is 9.97. The Morgan fingerprint density at radius 1 is 1.14 bits per heavy atom. The van der Waals surface area contributed by atoms with Gasteiger partial charge >= 0.3 is 0 Å². The third-order valence-electron chi connectivity index (χ3n) is 2.89. The normalized spacial score (nSPS) is 11.8. The minimum Gasteiger partial charge on any atom is -0.479 e. The molecule has 1 N–H and O–H groups in total. The predicted octanol–water partition coefficient (Wildman–Crippen LogP) is 4.71. The van der Waals surface area contributed by atoms with Gasteiger partial charge in [-0.25, -0.2) is 0 Å². The number of benzene rings is 2. The van der Waals surface area contributed by atoms with Crippen molar-refractivity contribution in [3.63, 3.8) is 0 Å². The third kappa shape index (κ3) is 4.13. The molecule has 0 bridgehead atoms. The monoisotopic (exact) mass is 323 g/mol. The summed E-state index contributed by atoms with van der Waals surface area (Å²) < 4.78 is 5.61. The largest absolute Gasteiger partial charge is 0.479 e. The van der Waals surface area contributed by atoms with Gasteiger partial charge in [-0.05, 0) is 43.7 Å². The van der Waals surface area contributed by atoms with Crippen LogP contribution in [0.1, 0.15) is 12.5 Å². The van der Waals surface area contributed by atoms with Crippen LogP contribution in [0.2, 0.25) is 10.0 Å². The summed E-state index contributed by atoms with van der Waals surface area (Å²) in [6.07, 6.45) is -0.694. The molecule has 0 heterocycles. The molecule has 0 aromatic heterocycles. The quantitative estimate of drug-likeness (QED) is 0.885. The fourth-order valence-electron chi connectivity index (χ4n) is 1.74. The highest BCUT2D eigenvalue weighted by Gasteiger charge is 2.17. The smallest absolute Gasteiger partial charge is 0.265 e. The summed E-state index contributed by atoms with van der Waals surface area (Å²) in [5.41, 5.74) is 1.56. The number of amides is 1. The van der Waals surface area contributed by atoms with Crippen LogP contribution in [0.3, 0.4) is 0 Å². The van der Waals surface area contributed by atoms with Gasteiger partial charge in [0.05, 0.1) is 15.7 Å². The Bertz CT molecular complexity index is 658. The van der Waals surface area contributed by atoms with Gasteiger partial charge in [0.25, 0.3) is 5.91 Å². The number of hydrogen-bond donors (Lipinski definition) is 1. The minimum atomic E-state index is -0.694. The summed E-state index contributed by atoms with van der Waals surface area (Å²) in [4.78, 5) is 12.1. The first-order valence-corrected chi connectivity index (χ1v) is 7.21. The Balaban J connectivity index is 2.06. The van der Waals surface area contributed by atoms with E-state index in [1.54, 1.807) is 43.3 Å².